The Balaban J connectivity index is 1.70. The van der Waals surface area contributed by atoms with Gasteiger partial charge in [0, 0.05) is 35.0 Å². The second-order valence-electron chi connectivity index (χ2n) is 6.40. The van der Waals surface area contributed by atoms with Crippen molar-refractivity contribution in [3.63, 3.8) is 0 Å². The molecule has 3 rings (SSSR count). The molecule has 0 aliphatic rings. The summed E-state index contributed by atoms with van der Waals surface area (Å²) in [5.74, 6) is 1.32. The second-order valence-corrected chi connectivity index (χ2v) is 7.24. The number of nitro benzene ring substituents is 1. The Labute approximate surface area is 184 Å². The van der Waals surface area contributed by atoms with Gasteiger partial charge in [-0.3, -0.25) is 10.1 Å². The van der Waals surface area contributed by atoms with Gasteiger partial charge >= 0.3 is 0 Å². The molecule has 30 heavy (non-hydrogen) atoms. The molecule has 0 saturated heterocycles. The highest BCUT2D eigenvalue weighted by atomic mass is 35.5. The zero-order valence-electron chi connectivity index (χ0n) is 16.2. The number of nitro groups is 1. The van der Waals surface area contributed by atoms with Crippen LogP contribution in [0.1, 0.15) is 18.1 Å². The maximum absolute atomic E-state index is 10.8. The van der Waals surface area contributed by atoms with Gasteiger partial charge in [-0.2, -0.15) is 0 Å². The molecule has 0 radical (unpaired) electrons. The summed E-state index contributed by atoms with van der Waals surface area (Å²) < 4.78 is 11.4. The molecule has 0 aliphatic carbocycles. The summed E-state index contributed by atoms with van der Waals surface area (Å²) in [5, 5.41) is 15.0. The lowest BCUT2D eigenvalue weighted by Gasteiger charge is -2.15. The topological polar surface area (TPSA) is 73.6 Å². The second kappa shape index (κ2) is 10.2. The first-order valence-corrected chi connectivity index (χ1v) is 10.0. The summed E-state index contributed by atoms with van der Waals surface area (Å²) in [4.78, 5) is 10.3. The third-order valence-corrected chi connectivity index (χ3v) is 4.76. The van der Waals surface area contributed by atoms with Crippen LogP contribution in [0.3, 0.4) is 0 Å². The van der Waals surface area contributed by atoms with Gasteiger partial charge in [0.2, 0.25) is 0 Å². The van der Waals surface area contributed by atoms with Crippen LogP contribution in [0.4, 0.5) is 11.4 Å². The van der Waals surface area contributed by atoms with Gasteiger partial charge in [-0.15, -0.1) is 0 Å². The molecule has 0 aliphatic heterocycles. The van der Waals surface area contributed by atoms with Crippen molar-refractivity contribution >= 4 is 34.6 Å². The Bertz CT molecular complexity index is 1010. The van der Waals surface area contributed by atoms with Gasteiger partial charge in [0.05, 0.1) is 16.6 Å². The zero-order valence-corrected chi connectivity index (χ0v) is 17.7. The summed E-state index contributed by atoms with van der Waals surface area (Å²) in [6.07, 6.45) is 0. The van der Waals surface area contributed by atoms with E-state index in [1.54, 1.807) is 24.3 Å². The number of anilines is 1. The van der Waals surface area contributed by atoms with Crippen LogP contribution in [0.25, 0.3) is 0 Å². The molecule has 0 saturated carbocycles. The minimum absolute atomic E-state index is 0.0310. The van der Waals surface area contributed by atoms with Crippen LogP contribution < -0.4 is 14.8 Å². The van der Waals surface area contributed by atoms with E-state index in [0.717, 1.165) is 22.6 Å². The number of hydrogen-bond acceptors (Lipinski definition) is 5. The Morgan fingerprint density at radius 1 is 1.00 bits per heavy atom. The molecular formula is C22H20Cl2N2O4. The van der Waals surface area contributed by atoms with E-state index in [1.165, 1.54) is 12.1 Å². The van der Waals surface area contributed by atoms with Crippen molar-refractivity contribution in [3.8, 4) is 11.5 Å². The van der Waals surface area contributed by atoms with Crippen molar-refractivity contribution in [3.05, 3.63) is 92.0 Å². The molecule has 156 valence electrons. The van der Waals surface area contributed by atoms with Crippen molar-refractivity contribution in [2.24, 2.45) is 0 Å². The molecule has 0 atom stereocenters. The third-order valence-electron chi connectivity index (χ3n) is 4.26. The molecule has 0 spiro atoms. The Hall–Kier alpha value is -2.96. The fourth-order valence-electron chi connectivity index (χ4n) is 2.81. The monoisotopic (exact) mass is 446 g/mol. The van der Waals surface area contributed by atoms with E-state index in [-0.39, 0.29) is 12.3 Å². The minimum Gasteiger partial charge on any atom is -0.494 e. The molecular weight excluding hydrogens is 427 g/mol. The fourth-order valence-corrected chi connectivity index (χ4v) is 3.40. The summed E-state index contributed by atoms with van der Waals surface area (Å²) in [6.45, 7) is 3.22. The number of nitrogens with zero attached hydrogens (tertiary/aromatic N) is 1. The van der Waals surface area contributed by atoms with Crippen LogP contribution in [0, 0.1) is 10.1 Å². The van der Waals surface area contributed by atoms with Crippen LogP contribution >= 0.6 is 23.2 Å². The molecule has 3 aromatic carbocycles. The maximum Gasteiger partial charge on any atom is 0.269 e. The zero-order chi connectivity index (χ0) is 21.5. The molecule has 0 heterocycles. The van der Waals surface area contributed by atoms with E-state index >= 15 is 0 Å². The highest BCUT2D eigenvalue weighted by Crippen LogP contribution is 2.34. The van der Waals surface area contributed by atoms with Crippen molar-refractivity contribution in [2.75, 3.05) is 11.9 Å². The average molecular weight is 447 g/mol. The summed E-state index contributed by atoms with van der Waals surface area (Å²) >= 11 is 12.5. The molecule has 3 aromatic rings. The van der Waals surface area contributed by atoms with Crippen LogP contribution in [-0.4, -0.2) is 11.5 Å². The van der Waals surface area contributed by atoms with Crippen molar-refractivity contribution in [2.45, 2.75) is 20.1 Å². The smallest absolute Gasteiger partial charge is 0.269 e. The quantitative estimate of drug-likeness (QED) is 0.300. The normalized spacial score (nSPS) is 10.5. The molecule has 8 heteroatoms. The first kappa shape index (κ1) is 21.7. The average Bonchev–Trinajstić information content (AvgIpc) is 2.73. The number of halogens is 2. The Kier molecular flexibility index (Phi) is 7.38. The largest absolute Gasteiger partial charge is 0.494 e. The number of hydrogen-bond donors (Lipinski definition) is 1. The summed E-state index contributed by atoms with van der Waals surface area (Å²) in [5.41, 5.74) is 2.53. The lowest BCUT2D eigenvalue weighted by atomic mass is 10.1. The number of nitrogens with one attached hydrogen (secondary N) is 1. The first-order chi connectivity index (χ1) is 14.5. The molecule has 0 fully saturated rings. The third kappa shape index (κ3) is 5.78. The molecule has 0 aromatic heterocycles. The molecule has 0 amide bonds. The first-order valence-electron chi connectivity index (χ1n) is 9.27. The minimum atomic E-state index is -0.439. The van der Waals surface area contributed by atoms with Crippen LogP contribution in [0.15, 0.2) is 60.7 Å². The highest BCUT2D eigenvalue weighted by Gasteiger charge is 2.12. The van der Waals surface area contributed by atoms with Crippen LogP contribution in [-0.2, 0) is 13.2 Å². The van der Waals surface area contributed by atoms with Crippen molar-refractivity contribution in [1.29, 1.82) is 0 Å². The van der Waals surface area contributed by atoms with E-state index in [4.69, 9.17) is 32.7 Å². The fraction of sp³-hybridized carbons (Fsp3) is 0.182. The van der Waals surface area contributed by atoms with Gasteiger partial charge in [-0.1, -0.05) is 23.2 Å². The standard InChI is InChI=1S/C22H20Cl2N2O4/c1-2-29-20-9-5-18(6-10-20)25-13-16-11-17(23)12-21(24)22(16)30-14-15-3-7-19(8-4-15)26(27)28/h3-12,25H,2,13-14H2,1H3. The van der Waals surface area contributed by atoms with E-state index in [2.05, 4.69) is 5.32 Å². The van der Waals surface area contributed by atoms with Crippen molar-refractivity contribution < 1.29 is 14.4 Å². The van der Waals surface area contributed by atoms with E-state index in [9.17, 15) is 10.1 Å². The van der Waals surface area contributed by atoms with Gasteiger partial charge in [-0.25, -0.2) is 0 Å². The number of rotatable bonds is 9. The summed E-state index contributed by atoms with van der Waals surface area (Å²) in [7, 11) is 0. The molecule has 6 nitrogen and oxygen atoms in total. The Morgan fingerprint density at radius 3 is 2.33 bits per heavy atom. The molecule has 0 bridgehead atoms. The number of ether oxygens (including phenoxy) is 2. The number of non-ortho nitro benzene ring substituents is 1. The van der Waals surface area contributed by atoms with Gasteiger partial charge in [0.25, 0.3) is 5.69 Å². The van der Waals surface area contributed by atoms with E-state index in [0.29, 0.717) is 28.9 Å². The van der Waals surface area contributed by atoms with Gasteiger partial charge in [0.1, 0.15) is 18.1 Å². The lowest BCUT2D eigenvalue weighted by Crippen LogP contribution is -2.05. The van der Waals surface area contributed by atoms with E-state index in [1.807, 2.05) is 31.2 Å². The highest BCUT2D eigenvalue weighted by molar-refractivity contribution is 6.35. The van der Waals surface area contributed by atoms with Gasteiger partial charge in [0.15, 0.2) is 0 Å². The SMILES string of the molecule is CCOc1ccc(NCc2cc(Cl)cc(Cl)c2OCc2ccc([N+](=O)[O-])cc2)cc1. The maximum atomic E-state index is 10.8. The predicted octanol–water partition coefficient (Wildman–Crippen LogP) is 6.49. The summed E-state index contributed by atoms with van der Waals surface area (Å²) in [6, 6.07) is 17.2. The Morgan fingerprint density at radius 2 is 1.70 bits per heavy atom. The van der Waals surface area contributed by atoms with Crippen LogP contribution in [0.2, 0.25) is 10.0 Å². The van der Waals surface area contributed by atoms with Crippen molar-refractivity contribution in [1.82, 2.24) is 0 Å². The molecule has 0 unspecified atom stereocenters. The predicted molar refractivity (Wildman–Crippen MR) is 119 cm³/mol. The van der Waals surface area contributed by atoms with Gasteiger partial charge < -0.3 is 14.8 Å². The van der Waals surface area contributed by atoms with Crippen LogP contribution in [0.5, 0.6) is 11.5 Å². The number of benzene rings is 3. The van der Waals surface area contributed by atoms with E-state index < -0.39 is 4.92 Å². The molecule has 1 N–H and O–H groups in total. The van der Waals surface area contributed by atoms with Gasteiger partial charge in [-0.05, 0) is 61.0 Å². The lowest BCUT2D eigenvalue weighted by molar-refractivity contribution is -0.384.